The van der Waals surface area contributed by atoms with E-state index in [-0.39, 0.29) is 6.10 Å². The van der Waals surface area contributed by atoms with Crippen molar-refractivity contribution in [1.29, 1.82) is 0 Å². The minimum Gasteiger partial charge on any atom is -0.490 e. The van der Waals surface area contributed by atoms with Crippen LogP contribution in [0.4, 0.5) is 0 Å². The average Bonchev–Trinajstić information content (AvgIpc) is 2.88. The Hall–Kier alpha value is -2.45. The number of ether oxygens (including phenoxy) is 1. The van der Waals surface area contributed by atoms with E-state index in [9.17, 15) is 0 Å². The fourth-order valence-electron chi connectivity index (χ4n) is 3.04. The fourth-order valence-corrected chi connectivity index (χ4v) is 3.04. The molecule has 0 aliphatic carbocycles. The second-order valence-electron chi connectivity index (χ2n) is 5.41. The van der Waals surface area contributed by atoms with Gasteiger partial charge in [0.05, 0.1) is 6.54 Å². The number of nitrogens with zero attached hydrogens (tertiary/aromatic N) is 3. The van der Waals surface area contributed by atoms with Gasteiger partial charge in [0.15, 0.2) is 0 Å². The maximum absolute atomic E-state index is 8.45. The molecule has 0 aromatic heterocycles. The van der Waals surface area contributed by atoms with Gasteiger partial charge in [0.1, 0.15) is 11.9 Å². The van der Waals surface area contributed by atoms with Crippen LogP contribution in [0.25, 0.3) is 21.6 Å². The summed E-state index contributed by atoms with van der Waals surface area (Å²) in [7, 11) is 0. The van der Waals surface area contributed by atoms with E-state index in [2.05, 4.69) is 48.1 Å². The first-order chi connectivity index (χ1) is 10.2. The zero-order chi connectivity index (χ0) is 14.8. The van der Waals surface area contributed by atoms with Gasteiger partial charge in [0.2, 0.25) is 0 Å². The van der Waals surface area contributed by atoms with Gasteiger partial charge in [-0.3, -0.25) is 0 Å². The first-order valence-electron chi connectivity index (χ1n) is 7.06. The zero-order valence-corrected chi connectivity index (χ0v) is 12.2. The summed E-state index contributed by atoms with van der Waals surface area (Å²) in [5.74, 6) is 0.910. The van der Waals surface area contributed by atoms with Crippen LogP contribution in [0.1, 0.15) is 16.7 Å². The minimum absolute atomic E-state index is 0.0543. The van der Waals surface area contributed by atoms with Crippen molar-refractivity contribution in [3.8, 4) is 16.9 Å². The largest absolute Gasteiger partial charge is 0.490 e. The van der Waals surface area contributed by atoms with E-state index < -0.39 is 0 Å². The Bertz CT molecular complexity index is 713. The molecule has 1 heterocycles. The molecule has 0 N–H and O–H groups in total. The number of rotatable bonds is 3. The molecule has 2 aromatic carbocycles. The van der Waals surface area contributed by atoms with Gasteiger partial charge in [0, 0.05) is 16.9 Å². The van der Waals surface area contributed by atoms with Crippen LogP contribution >= 0.6 is 0 Å². The van der Waals surface area contributed by atoms with Crippen LogP contribution in [0.2, 0.25) is 0 Å². The lowest BCUT2D eigenvalue weighted by molar-refractivity contribution is 0.241. The maximum atomic E-state index is 8.45. The van der Waals surface area contributed by atoms with Gasteiger partial charge in [-0.15, -0.1) is 0 Å². The monoisotopic (exact) mass is 279 g/mol. The SMILES string of the molecule is Cc1cccc(C)c1-c1cccc2c1CC(CN=[N+]=[N-])O2. The summed E-state index contributed by atoms with van der Waals surface area (Å²) in [6, 6.07) is 12.5. The topological polar surface area (TPSA) is 58.0 Å². The van der Waals surface area contributed by atoms with Gasteiger partial charge in [0.25, 0.3) is 0 Å². The Balaban J connectivity index is 2.05. The fraction of sp³-hybridized carbons (Fsp3) is 0.294. The van der Waals surface area contributed by atoms with Crippen LogP contribution in [0, 0.1) is 13.8 Å². The van der Waals surface area contributed by atoms with E-state index in [0.29, 0.717) is 6.54 Å². The third-order valence-corrected chi connectivity index (χ3v) is 3.96. The molecule has 21 heavy (non-hydrogen) atoms. The molecule has 0 spiro atoms. The van der Waals surface area contributed by atoms with Gasteiger partial charge >= 0.3 is 0 Å². The van der Waals surface area contributed by atoms with Crippen LogP contribution in [-0.2, 0) is 6.42 Å². The number of benzene rings is 2. The second kappa shape index (κ2) is 5.51. The highest BCUT2D eigenvalue weighted by atomic mass is 16.5. The zero-order valence-electron chi connectivity index (χ0n) is 12.2. The number of aryl methyl sites for hydroxylation is 2. The summed E-state index contributed by atoms with van der Waals surface area (Å²) in [6.45, 7) is 4.64. The molecule has 4 heteroatoms. The molecular weight excluding hydrogens is 262 g/mol. The van der Waals surface area contributed by atoms with Crippen molar-refractivity contribution in [2.45, 2.75) is 26.4 Å². The highest BCUT2D eigenvalue weighted by Crippen LogP contribution is 2.39. The van der Waals surface area contributed by atoms with Crippen LogP contribution in [0.15, 0.2) is 41.5 Å². The van der Waals surface area contributed by atoms with Gasteiger partial charge in [-0.2, -0.15) is 0 Å². The third-order valence-electron chi connectivity index (χ3n) is 3.96. The van der Waals surface area contributed by atoms with E-state index in [1.54, 1.807) is 0 Å². The molecule has 0 radical (unpaired) electrons. The molecule has 0 saturated heterocycles. The van der Waals surface area contributed by atoms with Gasteiger partial charge in [-0.1, -0.05) is 35.4 Å². The second-order valence-corrected chi connectivity index (χ2v) is 5.41. The smallest absolute Gasteiger partial charge is 0.123 e. The number of fused-ring (bicyclic) bond motifs is 1. The molecule has 0 amide bonds. The molecule has 2 aromatic rings. The van der Waals surface area contributed by atoms with Crippen molar-refractivity contribution in [2.24, 2.45) is 5.11 Å². The van der Waals surface area contributed by atoms with Crippen molar-refractivity contribution in [3.05, 3.63) is 63.5 Å². The quantitative estimate of drug-likeness (QED) is 0.460. The third kappa shape index (κ3) is 2.46. The van der Waals surface area contributed by atoms with Crippen molar-refractivity contribution < 1.29 is 4.74 Å². The van der Waals surface area contributed by atoms with Crippen LogP contribution in [0.5, 0.6) is 5.75 Å². The number of azide groups is 1. The Kier molecular flexibility index (Phi) is 3.55. The Morgan fingerprint density at radius 3 is 2.62 bits per heavy atom. The molecule has 3 rings (SSSR count). The summed E-state index contributed by atoms with van der Waals surface area (Å²) in [6.07, 6.45) is 0.736. The minimum atomic E-state index is -0.0543. The van der Waals surface area contributed by atoms with E-state index >= 15 is 0 Å². The van der Waals surface area contributed by atoms with Gasteiger partial charge < -0.3 is 4.74 Å². The summed E-state index contributed by atoms with van der Waals surface area (Å²) >= 11 is 0. The summed E-state index contributed by atoms with van der Waals surface area (Å²) in [5.41, 5.74) is 14.7. The van der Waals surface area contributed by atoms with Gasteiger partial charge in [-0.05, 0) is 47.7 Å². The molecule has 1 unspecified atom stereocenters. The van der Waals surface area contributed by atoms with Gasteiger partial charge in [-0.25, -0.2) is 0 Å². The molecule has 0 bridgehead atoms. The molecular formula is C17H17N3O. The van der Waals surface area contributed by atoms with Crippen LogP contribution in [-0.4, -0.2) is 12.6 Å². The van der Waals surface area contributed by atoms with Crippen molar-refractivity contribution in [1.82, 2.24) is 0 Å². The normalized spacial score (nSPS) is 16.0. The predicted octanol–water partition coefficient (Wildman–Crippen LogP) is 4.58. The lowest BCUT2D eigenvalue weighted by atomic mass is 9.91. The Morgan fingerprint density at radius 2 is 1.90 bits per heavy atom. The van der Waals surface area contributed by atoms with E-state index in [0.717, 1.165) is 12.2 Å². The maximum Gasteiger partial charge on any atom is 0.123 e. The van der Waals surface area contributed by atoms with E-state index in [1.807, 2.05) is 12.1 Å². The highest BCUT2D eigenvalue weighted by molar-refractivity contribution is 5.76. The van der Waals surface area contributed by atoms with Crippen molar-refractivity contribution in [2.75, 3.05) is 6.54 Å². The van der Waals surface area contributed by atoms with Crippen molar-refractivity contribution in [3.63, 3.8) is 0 Å². The molecule has 1 aliphatic rings. The molecule has 1 atom stereocenters. The van der Waals surface area contributed by atoms with Crippen molar-refractivity contribution >= 4 is 0 Å². The number of hydrogen-bond donors (Lipinski definition) is 0. The summed E-state index contributed by atoms with van der Waals surface area (Å²) in [5, 5.41) is 3.63. The lowest BCUT2D eigenvalue weighted by Gasteiger charge is -2.13. The molecule has 4 nitrogen and oxygen atoms in total. The predicted molar refractivity (Wildman–Crippen MR) is 83.5 cm³/mol. The average molecular weight is 279 g/mol. The first-order valence-corrected chi connectivity index (χ1v) is 7.06. The first kappa shape index (κ1) is 13.5. The summed E-state index contributed by atoms with van der Waals surface area (Å²) in [4.78, 5) is 2.82. The highest BCUT2D eigenvalue weighted by Gasteiger charge is 2.25. The van der Waals surface area contributed by atoms with Crippen LogP contribution < -0.4 is 4.74 Å². The Labute approximate surface area is 124 Å². The molecule has 1 aliphatic heterocycles. The van der Waals surface area contributed by atoms with Crippen LogP contribution in [0.3, 0.4) is 0 Å². The van der Waals surface area contributed by atoms with E-state index in [4.69, 9.17) is 10.3 Å². The Morgan fingerprint density at radius 1 is 1.19 bits per heavy atom. The summed E-state index contributed by atoms with van der Waals surface area (Å²) < 4.78 is 5.89. The standard InChI is InChI=1S/C17H17N3O/c1-11-5-3-6-12(2)17(11)14-7-4-8-16-15(14)9-13(21-16)10-19-20-18/h3-8,13H,9-10H2,1-2H3. The lowest BCUT2D eigenvalue weighted by Crippen LogP contribution is -2.16. The van der Waals surface area contributed by atoms with E-state index in [1.165, 1.54) is 27.8 Å². The molecule has 0 saturated carbocycles. The molecule has 106 valence electrons. The molecule has 0 fully saturated rings. The number of hydrogen-bond acceptors (Lipinski definition) is 2.